The monoisotopic (exact) mass is 152 g/mol. The van der Waals surface area contributed by atoms with Gasteiger partial charge in [0.25, 0.3) is 0 Å². The first-order valence-corrected chi connectivity index (χ1v) is 3.03. The largest absolute Gasteiger partial charge is 0.368 e. The lowest BCUT2D eigenvalue weighted by Crippen LogP contribution is -2.00. The van der Waals surface area contributed by atoms with Crippen LogP contribution in [0.4, 0.5) is 10.3 Å². The predicted molar refractivity (Wildman–Crippen MR) is 37.4 cm³/mol. The smallest absolute Gasteiger partial charge is 0.225 e. The predicted octanol–water partition coefficient (Wildman–Crippen LogP) is 0.451. The molecule has 0 unspecified atom stereocenters. The fourth-order valence-corrected chi connectivity index (χ4v) is 0.935. The first-order chi connectivity index (χ1) is 5.29. The first kappa shape index (κ1) is 6.09. The molecule has 2 N–H and O–H groups in total. The van der Waals surface area contributed by atoms with Gasteiger partial charge in [-0.1, -0.05) is 0 Å². The summed E-state index contributed by atoms with van der Waals surface area (Å²) in [6.45, 7) is 0. The maximum atomic E-state index is 12.8. The highest BCUT2D eigenvalue weighted by molar-refractivity contribution is 5.49. The van der Waals surface area contributed by atoms with Gasteiger partial charge in [0.15, 0.2) is 0 Å². The lowest BCUT2D eigenvalue weighted by Gasteiger charge is -1.95. The highest BCUT2D eigenvalue weighted by Crippen LogP contribution is 2.10. The molecular weight excluding hydrogens is 147 g/mol. The van der Waals surface area contributed by atoms with Gasteiger partial charge in [0, 0.05) is 6.20 Å². The molecule has 0 bridgehead atoms. The second-order valence-electron chi connectivity index (χ2n) is 2.12. The van der Waals surface area contributed by atoms with Crippen LogP contribution in [0.5, 0.6) is 0 Å². The first-order valence-electron chi connectivity index (χ1n) is 3.03. The molecule has 4 nitrogen and oxygen atoms in total. The fourth-order valence-electron chi connectivity index (χ4n) is 0.935. The molecule has 0 radical (unpaired) electrons. The minimum absolute atomic E-state index is 0.186. The number of hydrogen-bond donors (Lipinski definition) is 1. The molecule has 0 atom stereocenters. The third-order valence-corrected chi connectivity index (χ3v) is 1.46. The van der Waals surface area contributed by atoms with Gasteiger partial charge >= 0.3 is 0 Å². The van der Waals surface area contributed by atoms with Crippen molar-refractivity contribution in [2.24, 2.45) is 0 Å². The summed E-state index contributed by atoms with van der Waals surface area (Å²) in [4.78, 5) is 0. The van der Waals surface area contributed by atoms with Crippen LogP contribution in [0.3, 0.4) is 0 Å². The fraction of sp³-hybridized carbons (Fsp3) is 0. The normalized spacial score (nSPS) is 10.6. The molecule has 0 aromatic carbocycles. The summed E-state index contributed by atoms with van der Waals surface area (Å²) in [5, 5.41) is 7.05. The second-order valence-corrected chi connectivity index (χ2v) is 2.12. The molecule has 0 spiro atoms. The van der Waals surface area contributed by atoms with Crippen LogP contribution in [0.1, 0.15) is 0 Å². The highest BCUT2D eigenvalue weighted by atomic mass is 19.1. The zero-order valence-electron chi connectivity index (χ0n) is 5.53. The van der Waals surface area contributed by atoms with Crippen LogP contribution in [0, 0.1) is 5.82 Å². The molecule has 2 rings (SSSR count). The molecule has 0 saturated heterocycles. The molecule has 56 valence electrons. The van der Waals surface area contributed by atoms with E-state index < -0.39 is 0 Å². The number of fused-ring (bicyclic) bond motifs is 1. The van der Waals surface area contributed by atoms with Crippen molar-refractivity contribution in [3.8, 4) is 0 Å². The summed E-state index contributed by atoms with van der Waals surface area (Å²) < 4.78 is 14.2. The number of rotatable bonds is 0. The van der Waals surface area contributed by atoms with Crippen molar-refractivity contribution in [2.45, 2.75) is 0 Å². The SMILES string of the molecule is Nc1nncc2c(F)ccn12. The Morgan fingerprint density at radius 2 is 2.36 bits per heavy atom. The van der Waals surface area contributed by atoms with E-state index in [-0.39, 0.29) is 11.8 Å². The van der Waals surface area contributed by atoms with E-state index in [1.165, 1.54) is 22.9 Å². The molecule has 0 aliphatic heterocycles. The molecular formula is C6H5FN4. The van der Waals surface area contributed by atoms with Gasteiger partial charge in [-0.05, 0) is 6.07 Å². The lowest BCUT2D eigenvalue weighted by molar-refractivity contribution is 0.639. The molecule has 0 amide bonds. The van der Waals surface area contributed by atoms with Crippen LogP contribution in [0.25, 0.3) is 5.52 Å². The van der Waals surface area contributed by atoms with Crippen molar-refractivity contribution >= 4 is 11.5 Å². The molecule has 2 aromatic heterocycles. The maximum absolute atomic E-state index is 12.8. The molecule has 0 fully saturated rings. The van der Waals surface area contributed by atoms with E-state index in [1.807, 2.05) is 0 Å². The van der Waals surface area contributed by atoms with E-state index in [1.54, 1.807) is 0 Å². The van der Waals surface area contributed by atoms with E-state index >= 15 is 0 Å². The lowest BCUT2D eigenvalue weighted by atomic mass is 10.5. The number of nitrogens with zero attached hydrogens (tertiary/aromatic N) is 3. The third kappa shape index (κ3) is 0.739. The Bertz CT molecular complexity index is 394. The topological polar surface area (TPSA) is 56.2 Å². The maximum Gasteiger partial charge on any atom is 0.225 e. The number of anilines is 1. The Morgan fingerprint density at radius 1 is 1.55 bits per heavy atom. The van der Waals surface area contributed by atoms with Crippen LogP contribution in [-0.2, 0) is 0 Å². The van der Waals surface area contributed by atoms with Crippen LogP contribution >= 0.6 is 0 Å². The van der Waals surface area contributed by atoms with Crippen molar-refractivity contribution in [1.82, 2.24) is 14.6 Å². The van der Waals surface area contributed by atoms with E-state index in [0.29, 0.717) is 5.52 Å². The minimum atomic E-state index is -0.341. The Morgan fingerprint density at radius 3 is 3.09 bits per heavy atom. The van der Waals surface area contributed by atoms with Crippen molar-refractivity contribution in [2.75, 3.05) is 5.73 Å². The Balaban J connectivity index is 2.94. The van der Waals surface area contributed by atoms with Crippen LogP contribution in [0.2, 0.25) is 0 Å². The van der Waals surface area contributed by atoms with Crippen LogP contribution < -0.4 is 5.73 Å². The third-order valence-electron chi connectivity index (χ3n) is 1.46. The summed E-state index contributed by atoms with van der Waals surface area (Å²) in [5.41, 5.74) is 5.74. The molecule has 0 saturated carbocycles. The van der Waals surface area contributed by atoms with E-state index in [2.05, 4.69) is 10.2 Å². The number of halogens is 1. The molecule has 2 aromatic rings. The van der Waals surface area contributed by atoms with Crippen molar-refractivity contribution in [1.29, 1.82) is 0 Å². The summed E-state index contributed by atoms with van der Waals surface area (Å²) in [6, 6.07) is 1.31. The van der Waals surface area contributed by atoms with Gasteiger partial charge in [0.1, 0.15) is 11.3 Å². The van der Waals surface area contributed by atoms with Crippen molar-refractivity contribution < 1.29 is 4.39 Å². The molecule has 5 heteroatoms. The average Bonchev–Trinajstić information content (AvgIpc) is 2.35. The van der Waals surface area contributed by atoms with E-state index in [0.717, 1.165) is 0 Å². The Kier molecular flexibility index (Phi) is 1.06. The summed E-state index contributed by atoms with van der Waals surface area (Å²) in [7, 11) is 0. The highest BCUT2D eigenvalue weighted by Gasteiger charge is 2.02. The summed E-state index contributed by atoms with van der Waals surface area (Å²) in [5.74, 6) is -0.155. The minimum Gasteiger partial charge on any atom is -0.368 e. The number of aromatic nitrogens is 3. The zero-order valence-corrected chi connectivity index (χ0v) is 5.53. The molecule has 11 heavy (non-hydrogen) atoms. The zero-order chi connectivity index (χ0) is 7.84. The van der Waals surface area contributed by atoms with Crippen molar-refractivity contribution in [3.05, 3.63) is 24.3 Å². The van der Waals surface area contributed by atoms with E-state index in [9.17, 15) is 4.39 Å². The standard InChI is InChI=1S/C6H5FN4/c7-4-1-2-11-5(4)3-9-10-6(11)8/h1-3H,(H2,8,10). The van der Waals surface area contributed by atoms with Gasteiger partial charge < -0.3 is 5.73 Å². The van der Waals surface area contributed by atoms with Crippen molar-refractivity contribution in [3.63, 3.8) is 0 Å². The van der Waals surface area contributed by atoms with Gasteiger partial charge in [-0.2, -0.15) is 5.10 Å². The second kappa shape index (κ2) is 1.91. The van der Waals surface area contributed by atoms with E-state index in [4.69, 9.17) is 5.73 Å². The number of hydrogen-bond acceptors (Lipinski definition) is 3. The van der Waals surface area contributed by atoms with Gasteiger partial charge in [0.2, 0.25) is 5.95 Å². The quantitative estimate of drug-likeness (QED) is 0.596. The van der Waals surface area contributed by atoms with Gasteiger partial charge in [-0.15, -0.1) is 5.10 Å². The molecule has 2 heterocycles. The number of nitrogens with two attached hydrogens (primary N) is 1. The Hall–Kier alpha value is -1.65. The van der Waals surface area contributed by atoms with Crippen LogP contribution in [0.15, 0.2) is 18.5 Å². The van der Waals surface area contributed by atoms with Gasteiger partial charge in [-0.3, -0.25) is 4.40 Å². The summed E-state index contributed by atoms with van der Waals surface area (Å²) in [6.07, 6.45) is 2.83. The van der Waals surface area contributed by atoms with Gasteiger partial charge in [-0.25, -0.2) is 4.39 Å². The summed E-state index contributed by atoms with van der Waals surface area (Å²) >= 11 is 0. The average molecular weight is 152 g/mol. The Labute approximate surface area is 61.5 Å². The van der Waals surface area contributed by atoms with Crippen LogP contribution in [-0.4, -0.2) is 14.6 Å². The molecule has 0 aliphatic carbocycles. The van der Waals surface area contributed by atoms with Gasteiger partial charge in [0.05, 0.1) is 6.20 Å². The molecule has 0 aliphatic rings. The number of nitrogen functional groups attached to an aromatic ring is 1.